The zero-order chi connectivity index (χ0) is 13.8. The first-order chi connectivity index (χ1) is 8.38. The van der Waals surface area contributed by atoms with Crippen molar-refractivity contribution in [1.82, 2.24) is 0 Å². The van der Waals surface area contributed by atoms with Gasteiger partial charge in [0.05, 0.1) is 5.56 Å². The van der Waals surface area contributed by atoms with Crippen molar-refractivity contribution in [3.63, 3.8) is 0 Å². The molecule has 5 heteroatoms. The van der Waals surface area contributed by atoms with Gasteiger partial charge in [-0.25, -0.2) is 0 Å². The van der Waals surface area contributed by atoms with Crippen LogP contribution in [0.4, 0.5) is 18.9 Å². The van der Waals surface area contributed by atoms with Gasteiger partial charge in [0.15, 0.2) is 0 Å². The van der Waals surface area contributed by atoms with Crippen LogP contribution in [0, 0.1) is 0 Å². The molecule has 0 heterocycles. The molecule has 1 rings (SSSR count). The first-order valence-corrected chi connectivity index (χ1v) is 6.81. The summed E-state index contributed by atoms with van der Waals surface area (Å²) in [5.74, 6) is 0. The normalized spacial score (nSPS) is 13.4. The Morgan fingerprint density at radius 2 is 1.94 bits per heavy atom. The van der Waals surface area contributed by atoms with Gasteiger partial charge in [-0.1, -0.05) is 36.2 Å². The van der Waals surface area contributed by atoms with E-state index in [9.17, 15) is 13.2 Å². The summed E-state index contributed by atoms with van der Waals surface area (Å²) in [6.45, 7) is 4.09. The van der Waals surface area contributed by atoms with Gasteiger partial charge in [0, 0.05) is 16.2 Å². The molecular formula is C13H17BrF3N. The van der Waals surface area contributed by atoms with Crippen molar-refractivity contribution in [3.05, 3.63) is 28.2 Å². The van der Waals surface area contributed by atoms with Crippen LogP contribution in [0.3, 0.4) is 0 Å². The molecule has 0 aliphatic carbocycles. The zero-order valence-electron chi connectivity index (χ0n) is 10.4. The van der Waals surface area contributed by atoms with Crippen molar-refractivity contribution in [2.75, 3.05) is 5.32 Å². The molecule has 0 radical (unpaired) electrons. The first-order valence-electron chi connectivity index (χ1n) is 6.01. The molecule has 1 aromatic carbocycles. The van der Waals surface area contributed by atoms with Gasteiger partial charge in [0.1, 0.15) is 0 Å². The SMILES string of the molecule is CCCC(CC)Nc1ccc(Br)c(C(F)(F)F)c1. The zero-order valence-corrected chi connectivity index (χ0v) is 12.0. The van der Waals surface area contributed by atoms with Crippen LogP contribution in [0.15, 0.2) is 22.7 Å². The van der Waals surface area contributed by atoms with E-state index in [4.69, 9.17) is 0 Å². The third-order valence-corrected chi connectivity index (χ3v) is 3.46. The summed E-state index contributed by atoms with van der Waals surface area (Å²) in [5, 5.41) is 3.15. The van der Waals surface area contributed by atoms with Gasteiger partial charge in [-0.05, 0) is 31.0 Å². The number of hydrogen-bond acceptors (Lipinski definition) is 1. The third-order valence-electron chi connectivity index (χ3n) is 2.77. The van der Waals surface area contributed by atoms with Gasteiger partial charge >= 0.3 is 6.18 Å². The lowest BCUT2D eigenvalue weighted by Gasteiger charge is -2.19. The molecule has 1 N–H and O–H groups in total. The topological polar surface area (TPSA) is 12.0 Å². The summed E-state index contributed by atoms with van der Waals surface area (Å²) in [5.41, 5.74) is -0.121. The van der Waals surface area contributed by atoms with Crippen molar-refractivity contribution in [2.24, 2.45) is 0 Å². The minimum atomic E-state index is -4.33. The fourth-order valence-corrected chi connectivity index (χ4v) is 2.27. The molecule has 0 spiro atoms. The fraction of sp³-hybridized carbons (Fsp3) is 0.538. The lowest BCUT2D eigenvalue weighted by atomic mass is 10.1. The Hall–Kier alpha value is -0.710. The molecule has 0 saturated heterocycles. The van der Waals surface area contributed by atoms with E-state index in [2.05, 4.69) is 28.2 Å². The van der Waals surface area contributed by atoms with Crippen LogP contribution in [-0.2, 0) is 6.18 Å². The lowest BCUT2D eigenvalue weighted by Crippen LogP contribution is -2.18. The Kier molecular flexibility index (Phi) is 5.50. The Morgan fingerprint density at radius 3 is 2.44 bits per heavy atom. The minimum Gasteiger partial charge on any atom is -0.382 e. The minimum absolute atomic E-state index is 0.0732. The molecule has 1 nitrogen and oxygen atoms in total. The summed E-state index contributed by atoms with van der Waals surface area (Å²) < 4.78 is 38.3. The summed E-state index contributed by atoms with van der Waals surface area (Å²) in [6.07, 6.45) is -1.48. The number of rotatable bonds is 5. The molecule has 1 aromatic rings. The molecule has 0 aliphatic rings. The van der Waals surface area contributed by atoms with Gasteiger partial charge in [0.25, 0.3) is 0 Å². The van der Waals surface area contributed by atoms with E-state index in [0.29, 0.717) is 5.69 Å². The Balaban J connectivity index is 2.91. The maximum Gasteiger partial charge on any atom is 0.417 e. The van der Waals surface area contributed by atoms with E-state index >= 15 is 0 Å². The number of hydrogen-bond donors (Lipinski definition) is 1. The summed E-state index contributed by atoms with van der Waals surface area (Å²) in [6, 6.07) is 4.47. The molecule has 0 bridgehead atoms. The van der Waals surface area contributed by atoms with Crippen molar-refractivity contribution in [2.45, 2.75) is 45.3 Å². The van der Waals surface area contributed by atoms with Crippen molar-refractivity contribution in [3.8, 4) is 0 Å². The first kappa shape index (κ1) is 15.3. The van der Waals surface area contributed by atoms with E-state index in [1.807, 2.05) is 6.92 Å². The number of alkyl halides is 3. The predicted molar refractivity (Wildman–Crippen MR) is 71.8 cm³/mol. The third kappa shape index (κ3) is 4.19. The molecule has 1 atom stereocenters. The number of nitrogens with one attached hydrogen (secondary N) is 1. The molecule has 0 amide bonds. The standard InChI is InChI=1S/C13H17BrF3N/c1-3-5-9(4-2)18-10-6-7-12(14)11(8-10)13(15,16)17/h6-9,18H,3-5H2,1-2H3. The fourth-order valence-electron chi connectivity index (χ4n) is 1.79. The van der Waals surface area contributed by atoms with Crippen molar-refractivity contribution in [1.29, 1.82) is 0 Å². The van der Waals surface area contributed by atoms with Crippen LogP contribution < -0.4 is 5.32 Å². The van der Waals surface area contributed by atoms with E-state index in [0.717, 1.165) is 25.3 Å². The second-order valence-electron chi connectivity index (χ2n) is 4.23. The summed E-state index contributed by atoms with van der Waals surface area (Å²) >= 11 is 2.93. The molecule has 18 heavy (non-hydrogen) atoms. The van der Waals surface area contributed by atoms with Crippen LogP contribution in [0.5, 0.6) is 0 Å². The summed E-state index contributed by atoms with van der Waals surface area (Å²) in [7, 11) is 0. The highest BCUT2D eigenvalue weighted by Gasteiger charge is 2.33. The summed E-state index contributed by atoms with van der Waals surface area (Å²) in [4.78, 5) is 0. The largest absolute Gasteiger partial charge is 0.417 e. The van der Waals surface area contributed by atoms with Crippen LogP contribution in [0.25, 0.3) is 0 Å². The van der Waals surface area contributed by atoms with E-state index < -0.39 is 11.7 Å². The van der Waals surface area contributed by atoms with Gasteiger partial charge in [-0.15, -0.1) is 0 Å². The maximum atomic E-state index is 12.7. The lowest BCUT2D eigenvalue weighted by molar-refractivity contribution is -0.138. The van der Waals surface area contributed by atoms with Crippen LogP contribution in [-0.4, -0.2) is 6.04 Å². The van der Waals surface area contributed by atoms with Crippen molar-refractivity contribution >= 4 is 21.6 Å². The van der Waals surface area contributed by atoms with Crippen LogP contribution in [0.2, 0.25) is 0 Å². The Morgan fingerprint density at radius 1 is 1.28 bits per heavy atom. The van der Waals surface area contributed by atoms with Crippen LogP contribution in [0.1, 0.15) is 38.7 Å². The van der Waals surface area contributed by atoms with E-state index in [-0.39, 0.29) is 10.5 Å². The van der Waals surface area contributed by atoms with E-state index in [1.165, 1.54) is 6.07 Å². The highest BCUT2D eigenvalue weighted by atomic mass is 79.9. The second kappa shape index (κ2) is 6.45. The average Bonchev–Trinajstić information content (AvgIpc) is 2.29. The van der Waals surface area contributed by atoms with Gasteiger partial charge in [-0.2, -0.15) is 13.2 Å². The van der Waals surface area contributed by atoms with Gasteiger partial charge in [0.2, 0.25) is 0 Å². The average molecular weight is 324 g/mol. The molecule has 102 valence electrons. The molecule has 0 fully saturated rings. The number of benzene rings is 1. The van der Waals surface area contributed by atoms with Gasteiger partial charge < -0.3 is 5.32 Å². The Bertz CT molecular complexity index is 390. The quantitative estimate of drug-likeness (QED) is 0.758. The van der Waals surface area contributed by atoms with Crippen molar-refractivity contribution < 1.29 is 13.2 Å². The maximum absolute atomic E-state index is 12.7. The highest BCUT2D eigenvalue weighted by molar-refractivity contribution is 9.10. The smallest absolute Gasteiger partial charge is 0.382 e. The molecule has 0 aliphatic heterocycles. The van der Waals surface area contributed by atoms with E-state index in [1.54, 1.807) is 6.07 Å². The second-order valence-corrected chi connectivity index (χ2v) is 5.08. The predicted octanol–water partition coefficient (Wildman–Crippen LogP) is 5.46. The molecular weight excluding hydrogens is 307 g/mol. The molecule has 0 aromatic heterocycles. The molecule has 1 unspecified atom stereocenters. The Labute approximate surface area is 114 Å². The number of halogens is 4. The van der Waals surface area contributed by atoms with Crippen LogP contribution >= 0.6 is 15.9 Å². The molecule has 0 saturated carbocycles. The monoisotopic (exact) mass is 323 g/mol. The number of anilines is 1. The highest BCUT2D eigenvalue weighted by Crippen LogP contribution is 2.36. The van der Waals surface area contributed by atoms with Gasteiger partial charge in [-0.3, -0.25) is 0 Å².